The van der Waals surface area contributed by atoms with Crippen molar-refractivity contribution >= 4 is 75.4 Å². The minimum atomic E-state index is -0.748. The van der Waals surface area contributed by atoms with Crippen LogP contribution in [0.4, 0.5) is 0 Å². The molecule has 0 unspecified atom stereocenters. The summed E-state index contributed by atoms with van der Waals surface area (Å²) in [6.45, 7) is 0. The molecule has 0 radical (unpaired) electrons. The Bertz CT molecular complexity index is 6310. The number of hydrogen-bond donors (Lipinski definition) is 0. The molecule has 0 aliphatic carbocycles. The lowest BCUT2D eigenvalue weighted by Gasteiger charge is -2.20. The van der Waals surface area contributed by atoms with Gasteiger partial charge in [-0.1, -0.05) is 321 Å². The van der Waals surface area contributed by atoms with Crippen molar-refractivity contribution in [3.05, 3.63) is 327 Å². The summed E-state index contributed by atoms with van der Waals surface area (Å²) in [5.74, 6) is 0. The summed E-state index contributed by atoms with van der Waals surface area (Å²) in [6, 6.07) is 46.5. The fourth-order valence-electron chi connectivity index (χ4n) is 11.6. The first-order valence-corrected chi connectivity index (χ1v) is 26.5. The standard InChI is InChI=1S/C42H28.C40H26/c1-3-14-29(15-4-1)31-18-11-19-32(28-31)41-37-20-7-9-22-39(37)42(40-23-10-8-21-38(40)41)36-27-13-25-34-33(24-12-26-35(34)36)30-16-5-2-6-17-30;1-2-13-27(14-3-1)30-25-26-38(32-19-7-6-18-31(30)32)40-36-22-10-8-20-34(36)39(35-21-9-11-23-37(35)40)33-24-12-16-28-15-4-5-17-29(28)33/h1-28H;1-26H/i7D,8D,9D,10D,20D,21D,22D,23D;4D,5D,8D,9D,10D,11D,12D,15D,16D,17D,20D,21D,22D,23D,24D. The minimum Gasteiger partial charge on any atom is -0.0622 e. The van der Waals surface area contributed by atoms with Crippen molar-refractivity contribution in [2.24, 2.45) is 0 Å². The van der Waals surface area contributed by atoms with E-state index in [0.29, 0.717) is 33.2 Å². The highest BCUT2D eigenvalue weighted by molar-refractivity contribution is 6.27. The van der Waals surface area contributed by atoms with E-state index in [9.17, 15) is 12.3 Å². The number of hydrogen-bond acceptors (Lipinski definition) is 0. The van der Waals surface area contributed by atoms with Crippen LogP contribution in [-0.4, -0.2) is 0 Å². The second-order valence-corrected chi connectivity index (χ2v) is 19.6. The minimum absolute atomic E-state index is 0.0597. The molecule has 0 heterocycles. The van der Waals surface area contributed by atoms with E-state index in [1.165, 1.54) is 0 Å². The van der Waals surface area contributed by atoms with Gasteiger partial charge in [-0.25, -0.2) is 0 Å². The molecule has 0 aliphatic heterocycles. The fourth-order valence-corrected chi connectivity index (χ4v) is 11.6. The van der Waals surface area contributed by atoms with Gasteiger partial charge in [0.25, 0.3) is 0 Å². The van der Waals surface area contributed by atoms with Crippen LogP contribution in [0, 0.1) is 0 Å². The molecule has 0 aromatic heterocycles. The summed E-state index contributed by atoms with van der Waals surface area (Å²) in [5, 5.41) is 2.13. The van der Waals surface area contributed by atoms with E-state index in [2.05, 4.69) is 0 Å². The quantitative estimate of drug-likeness (QED) is 0.140. The molecule has 0 amide bonds. The molecule has 0 nitrogen and oxygen atoms in total. The van der Waals surface area contributed by atoms with Gasteiger partial charge in [0.15, 0.2) is 0 Å². The van der Waals surface area contributed by atoms with Crippen molar-refractivity contribution < 1.29 is 31.5 Å². The summed E-state index contributed by atoms with van der Waals surface area (Å²) in [6.07, 6.45) is 0. The van der Waals surface area contributed by atoms with Crippen molar-refractivity contribution in [3.63, 3.8) is 0 Å². The topological polar surface area (TPSA) is 0 Å². The van der Waals surface area contributed by atoms with Gasteiger partial charge >= 0.3 is 0 Å². The molecule has 0 saturated heterocycles. The fraction of sp³-hybridized carbons (Fsp3) is 0. The molecule has 16 aromatic rings. The van der Waals surface area contributed by atoms with E-state index in [0.717, 1.165) is 49.5 Å². The van der Waals surface area contributed by atoms with Gasteiger partial charge in [0.05, 0.1) is 31.5 Å². The summed E-state index contributed by atoms with van der Waals surface area (Å²) < 4.78 is 206. The zero-order valence-electron chi connectivity index (χ0n) is 66.4. The van der Waals surface area contributed by atoms with Crippen molar-refractivity contribution in [1.82, 2.24) is 0 Å². The lowest BCUT2D eigenvalue weighted by atomic mass is 9.83. The van der Waals surface area contributed by atoms with Crippen molar-refractivity contribution in [2.75, 3.05) is 0 Å². The van der Waals surface area contributed by atoms with Gasteiger partial charge in [-0.2, -0.15) is 0 Å². The Morgan fingerprint density at radius 3 is 1.00 bits per heavy atom. The SMILES string of the molecule is [2H]c1c([2H])c([2H])c2c(-c3c4c([2H])c([2H])c([2H])c([2H])c4c(-c4ccc(-c5ccccc5)c5ccccc45)c4c([2H])c([2H])c([2H])c([2H])c34)c([2H])c([2H])c([2H])c2c1[2H].[2H]c1c([2H])c([2H])c2c(-c3cccc4c(-c5ccccc5)cccc34)c3c([2H])c([2H])c([2H])c([2H])c3c(-c3cccc(-c4ccccc4)c3)c2c1[2H]. The molecule has 0 saturated carbocycles. The van der Waals surface area contributed by atoms with Crippen LogP contribution in [0.1, 0.15) is 31.5 Å². The Morgan fingerprint density at radius 1 is 0.171 bits per heavy atom. The van der Waals surface area contributed by atoms with Crippen LogP contribution in [0.15, 0.2) is 327 Å². The average molecular weight is 1060 g/mol. The van der Waals surface area contributed by atoms with Crippen molar-refractivity contribution in [1.29, 1.82) is 0 Å². The van der Waals surface area contributed by atoms with Gasteiger partial charge in [-0.05, 0) is 159 Å². The van der Waals surface area contributed by atoms with Crippen LogP contribution in [0.2, 0.25) is 0 Å². The summed E-state index contributed by atoms with van der Waals surface area (Å²) in [7, 11) is 0. The molecular formula is C82H54. The highest BCUT2D eigenvalue weighted by atomic mass is 14.2. The third-order valence-electron chi connectivity index (χ3n) is 15.1. The van der Waals surface area contributed by atoms with E-state index >= 15 is 0 Å². The lowest BCUT2D eigenvalue weighted by Crippen LogP contribution is -1.93. The van der Waals surface area contributed by atoms with Gasteiger partial charge in [0, 0.05) is 0 Å². The third kappa shape index (κ3) is 8.40. The van der Waals surface area contributed by atoms with E-state index in [4.69, 9.17) is 19.2 Å². The molecule has 382 valence electrons. The molecular weight excluding hydrogens is 985 g/mol. The average Bonchev–Trinajstić information content (AvgIpc) is 0.653. The lowest BCUT2D eigenvalue weighted by molar-refractivity contribution is 1.61. The number of rotatable bonds is 7. The first-order valence-electron chi connectivity index (χ1n) is 38.0. The van der Waals surface area contributed by atoms with Gasteiger partial charge < -0.3 is 0 Å². The van der Waals surface area contributed by atoms with Gasteiger partial charge in [-0.15, -0.1) is 0 Å². The molecule has 16 rings (SSSR count). The molecule has 0 atom stereocenters. The maximum Gasteiger partial charge on any atom is 0.0629 e. The van der Waals surface area contributed by atoms with Crippen molar-refractivity contribution in [3.8, 4) is 77.9 Å². The molecule has 0 N–H and O–H groups in total. The van der Waals surface area contributed by atoms with Crippen LogP contribution in [-0.2, 0) is 0 Å². The Kier molecular flexibility index (Phi) is 7.65. The Labute approximate surface area is 510 Å². The Balaban J connectivity index is 0.000000169. The first kappa shape index (κ1) is 30.1. The first-order chi connectivity index (χ1) is 50.3. The normalized spacial score (nSPS) is 15.3. The predicted octanol–water partition coefficient (Wildman–Crippen LogP) is 23.1. The monoisotopic (exact) mass is 1060 g/mol. The largest absolute Gasteiger partial charge is 0.0629 e. The molecule has 16 aromatic carbocycles. The van der Waals surface area contributed by atoms with Gasteiger partial charge in [0.2, 0.25) is 0 Å². The van der Waals surface area contributed by atoms with Crippen molar-refractivity contribution in [2.45, 2.75) is 0 Å². The van der Waals surface area contributed by atoms with Crippen LogP contribution >= 0.6 is 0 Å². The van der Waals surface area contributed by atoms with E-state index < -0.39 is 131 Å². The molecule has 0 bridgehead atoms. The van der Waals surface area contributed by atoms with Gasteiger partial charge in [-0.3, -0.25) is 0 Å². The second kappa shape index (κ2) is 20.9. The van der Waals surface area contributed by atoms with Crippen LogP contribution in [0.3, 0.4) is 0 Å². The Hall–Kier alpha value is -10.7. The highest BCUT2D eigenvalue weighted by Crippen LogP contribution is 2.49. The molecule has 0 spiro atoms. The maximum absolute atomic E-state index is 9.37. The summed E-state index contributed by atoms with van der Waals surface area (Å²) >= 11 is 0. The van der Waals surface area contributed by atoms with E-state index in [1.807, 2.05) is 176 Å². The highest BCUT2D eigenvalue weighted by Gasteiger charge is 2.22. The third-order valence-corrected chi connectivity index (χ3v) is 15.1. The predicted molar refractivity (Wildman–Crippen MR) is 353 cm³/mol. The van der Waals surface area contributed by atoms with Crippen LogP contribution in [0.5, 0.6) is 0 Å². The summed E-state index contributed by atoms with van der Waals surface area (Å²) in [4.78, 5) is 0. The van der Waals surface area contributed by atoms with Gasteiger partial charge in [0.1, 0.15) is 0 Å². The molecule has 0 fully saturated rings. The van der Waals surface area contributed by atoms with Crippen LogP contribution < -0.4 is 0 Å². The summed E-state index contributed by atoms with van der Waals surface area (Å²) in [5.41, 5.74) is 7.03. The number of benzene rings is 16. The molecule has 0 heteroatoms. The zero-order chi connectivity index (χ0) is 74.4. The Morgan fingerprint density at radius 2 is 0.488 bits per heavy atom. The number of fused-ring (bicyclic) bond motifs is 7. The van der Waals surface area contributed by atoms with Crippen LogP contribution in [0.25, 0.3) is 153 Å². The molecule has 0 aliphatic rings. The maximum atomic E-state index is 9.37. The zero-order valence-corrected chi connectivity index (χ0v) is 43.4. The van der Waals surface area contributed by atoms with E-state index in [1.54, 1.807) is 12.1 Å². The van der Waals surface area contributed by atoms with E-state index in [-0.39, 0.29) is 78.4 Å². The second-order valence-electron chi connectivity index (χ2n) is 19.6. The molecule has 82 heavy (non-hydrogen) atoms. The smallest absolute Gasteiger partial charge is 0.0622 e.